The number of fused-ring (bicyclic) bond motifs is 1. The molecule has 3 N–H and O–H groups in total. The Bertz CT molecular complexity index is 1010. The molecule has 0 atom stereocenters. The number of aromatic nitrogens is 2. The van der Waals surface area contributed by atoms with Gasteiger partial charge in [-0.15, -0.1) is 0 Å². The summed E-state index contributed by atoms with van der Waals surface area (Å²) >= 11 is 4.94. The Kier molecular flexibility index (Phi) is 5.36. The highest BCUT2D eigenvalue weighted by molar-refractivity contribution is 7.80. The van der Waals surface area contributed by atoms with Crippen LogP contribution < -0.4 is 15.4 Å². The lowest BCUT2D eigenvalue weighted by molar-refractivity contribution is -0.136. The van der Waals surface area contributed by atoms with Gasteiger partial charge in [0.25, 0.3) is 0 Å². The topological polar surface area (TPSA) is 62.0 Å². The van der Waals surface area contributed by atoms with E-state index in [-0.39, 0.29) is 22.2 Å². The Hall–Kier alpha value is -2.95. The molecule has 148 valence electrons. The minimum absolute atomic E-state index is 0.0193. The number of hydrogen-bond donors (Lipinski definition) is 3. The molecule has 0 fully saturated rings. The number of thiocarbonyl (C=S) groups is 1. The highest BCUT2D eigenvalue weighted by atomic mass is 32.1. The standard InChI is InChI=1S/C17H13F5N4OS/c1-2-23-16(28)26-8-5-10(18)14(11(19)6-8)27-12-3-4-24-15-13(12)9(7-25-15)17(20,21)22/h3-7H,2H2,1H3,(H,24,25)(H2,23,26,28). The van der Waals surface area contributed by atoms with Crippen molar-refractivity contribution in [3.8, 4) is 11.5 Å². The summed E-state index contributed by atoms with van der Waals surface area (Å²) in [6.07, 6.45) is -2.83. The molecule has 0 bridgehead atoms. The SMILES string of the molecule is CCNC(=S)Nc1cc(F)c(Oc2ccnc3[nH]cc(C(F)(F)F)c23)c(F)c1. The van der Waals surface area contributed by atoms with Gasteiger partial charge < -0.3 is 20.4 Å². The van der Waals surface area contributed by atoms with Crippen LogP contribution in [-0.4, -0.2) is 21.6 Å². The van der Waals surface area contributed by atoms with Crippen molar-refractivity contribution in [1.82, 2.24) is 15.3 Å². The van der Waals surface area contributed by atoms with Crippen LogP contribution in [0.4, 0.5) is 27.6 Å². The Morgan fingerprint density at radius 1 is 1.25 bits per heavy atom. The number of aromatic amines is 1. The first-order chi connectivity index (χ1) is 13.2. The van der Waals surface area contributed by atoms with Crippen molar-refractivity contribution in [3.05, 3.63) is 47.8 Å². The quantitative estimate of drug-likeness (QED) is 0.415. The van der Waals surface area contributed by atoms with Crippen LogP contribution in [0.2, 0.25) is 0 Å². The maximum Gasteiger partial charge on any atom is 0.418 e. The zero-order valence-corrected chi connectivity index (χ0v) is 15.1. The van der Waals surface area contributed by atoms with Gasteiger partial charge in [0.2, 0.25) is 0 Å². The molecule has 0 aliphatic heterocycles. The molecule has 28 heavy (non-hydrogen) atoms. The first-order valence-electron chi connectivity index (χ1n) is 7.95. The van der Waals surface area contributed by atoms with Crippen LogP contribution in [0, 0.1) is 11.6 Å². The number of pyridine rings is 1. The van der Waals surface area contributed by atoms with Crippen LogP contribution in [0.1, 0.15) is 12.5 Å². The number of rotatable bonds is 4. The number of ether oxygens (including phenoxy) is 1. The molecule has 0 amide bonds. The molecule has 0 radical (unpaired) electrons. The zero-order chi connectivity index (χ0) is 20.5. The molecule has 5 nitrogen and oxygen atoms in total. The summed E-state index contributed by atoms with van der Waals surface area (Å²) in [6.45, 7) is 2.30. The lowest BCUT2D eigenvalue weighted by Crippen LogP contribution is -2.28. The number of benzene rings is 1. The first kappa shape index (κ1) is 19.8. The van der Waals surface area contributed by atoms with Gasteiger partial charge in [-0.3, -0.25) is 0 Å². The smallest absolute Gasteiger partial charge is 0.418 e. The van der Waals surface area contributed by atoms with Gasteiger partial charge in [0, 0.05) is 36.8 Å². The first-order valence-corrected chi connectivity index (χ1v) is 8.36. The van der Waals surface area contributed by atoms with Gasteiger partial charge in [0.15, 0.2) is 22.5 Å². The molecule has 11 heteroatoms. The largest absolute Gasteiger partial charge is 0.450 e. The number of alkyl halides is 3. The summed E-state index contributed by atoms with van der Waals surface area (Å²) in [5, 5.41) is 5.08. The molecule has 3 rings (SSSR count). The van der Waals surface area contributed by atoms with Gasteiger partial charge in [0.05, 0.1) is 10.9 Å². The highest BCUT2D eigenvalue weighted by Crippen LogP contribution is 2.40. The average Bonchev–Trinajstić information content (AvgIpc) is 3.03. The van der Waals surface area contributed by atoms with E-state index in [4.69, 9.17) is 17.0 Å². The van der Waals surface area contributed by atoms with Crippen LogP contribution in [0.25, 0.3) is 11.0 Å². The molecule has 0 aliphatic carbocycles. The highest BCUT2D eigenvalue weighted by Gasteiger charge is 2.35. The van der Waals surface area contributed by atoms with Crippen LogP contribution in [0.15, 0.2) is 30.6 Å². The van der Waals surface area contributed by atoms with Gasteiger partial charge >= 0.3 is 6.18 Å². The van der Waals surface area contributed by atoms with Crippen molar-refractivity contribution < 1.29 is 26.7 Å². The fraction of sp³-hybridized carbons (Fsp3) is 0.176. The lowest BCUT2D eigenvalue weighted by Gasteiger charge is -2.13. The normalized spacial score (nSPS) is 11.5. The third kappa shape index (κ3) is 3.98. The van der Waals surface area contributed by atoms with Crippen LogP contribution in [0.5, 0.6) is 11.5 Å². The van der Waals surface area contributed by atoms with Crippen molar-refractivity contribution in [2.45, 2.75) is 13.1 Å². The number of halogens is 5. The van der Waals surface area contributed by atoms with Crippen molar-refractivity contribution in [2.24, 2.45) is 0 Å². The summed E-state index contributed by atoms with van der Waals surface area (Å²) in [5.74, 6) is -3.46. The maximum absolute atomic E-state index is 14.4. The Morgan fingerprint density at radius 2 is 1.93 bits per heavy atom. The summed E-state index contributed by atoms with van der Waals surface area (Å²) in [7, 11) is 0. The van der Waals surface area contributed by atoms with Crippen molar-refractivity contribution in [1.29, 1.82) is 0 Å². The number of nitrogens with one attached hydrogen (secondary N) is 3. The predicted octanol–water partition coefficient (Wildman–Crippen LogP) is 4.96. The molecule has 0 spiro atoms. The van der Waals surface area contributed by atoms with Gasteiger partial charge in [-0.2, -0.15) is 13.2 Å². The molecule has 0 aliphatic rings. The molecule has 0 unspecified atom stereocenters. The summed E-state index contributed by atoms with van der Waals surface area (Å²) in [5.41, 5.74) is -1.16. The van der Waals surface area contributed by atoms with Gasteiger partial charge in [-0.05, 0) is 25.2 Å². The minimum atomic E-state index is -4.70. The van der Waals surface area contributed by atoms with Gasteiger partial charge in [-0.1, -0.05) is 0 Å². The van der Waals surface area contributed by atoms with Crippen LogP contribution in [-0.2, 0) is 6.18 Å². The van der Waals surface area contributed by atoms with E-state index < -0.39 is 34.5 Å². The van der Waals surface area contributed by atoms with Crippen molar-refractivity contribution in [3.63, 3.8) is 0 Å². The second-order valence-electron chi connectivity index (χ2n) is 5.59. The Morgan fingerprint density at radius 3 is 2.54 bits per heavy atom. The summed E-state index contributed by atoms with van der Waals surface area (Å²) in [4.78, 5) is 6.14. The Labute approximate surface area is 160 Å². The van der Waals surface area contributed by atoms with E-state index in [9.17, 15) is 22.0 Å². The maximum atomic E-state index is 14.4. The van der Waals surface area contributed by atoms with Crippen LogP contribution in [0.3, 0.4) is 0 Å². The van der Waals surface area contributed by atoms with E-state index in [0.717, 1.165) is 24.4 Å². The monoisotopic (exact) mass is 416 g/mol. The van der Waals surface area contributed by atoms with E-state index in [1.54, 1.807) is 6.92 Å². The van der Waals surface area contributed by atoms with E-state index >= 15 is 0 Å². The van der Waals surface area contributed by atoms with Gasteiger partial charge in [0.1, 0.15) is 11.4 Å². The van der Waals surface area contributed by atoms with Crippen molar-refractivity contribution in [2.75, 3.05) is 11.9 Å². The van der Waals surface area contributed by atoms with Gasteiger partial charge in [-0.25, -0.2) is 13.8 Å². The molecule has 0 saturated heterocycles. The van der Waals surface area contributed by atoms with E-state index in [0.29, 0.717) is 12.7 Å². The second kappa shape index (κ2) is 7.58. The molecule has 2 heterocycles. The zero-order valence-electron chi connectivity index (χ0n) is 14.2. The average molecular weight is 416 g/mol. The molecule has 0 saturated carbocycles. The van der Waals surface area contributed by atoms with Crippen molar-refractivity contribution >= 4 is 34.1 Å². The molecule has 3 aromatic rings. The Balaban J connectivity index is 1.98. The fourth-order valence-corrected chi connectivity index (χ4v) is 2.77. The summed E-state index contributed by atoms with van der Waals surface area (Å²) < 4.78 is 73.5. The minimum Gasteiger partial charge on any atom is -0.450 e. The lowest BCUT2D eigenvalue weighted by atomic mass is 10.2. The number of anilines is 1. The fourth-order valence-electron chi connectivity index (χ4n) is 2.51. The second-order valence-corrected chi connectivity index (χ2v) is 6.00. The van der Waals surface area contributed by atoms with E-state index in [2.05, 4.69) is 20.6 Å². The van der Waals surface area contributed by atoms with E-state index in [1.165, 1.54) is 0 Å². The van der Waals surface area contributed by atoms with E-state index in [1.807, 2.05) is 0 Å². The van der Waals surface area contributed by atoms with Crippen LogP contribution >= 0.6 is 12.2 Å². The number of hydrogen-bond acceptors (Lipinski definition) is 3. The number of H-pyrrole nitrogens is 1. The molecule has 1 aromatic carbocycles. The predicted molar refractivity (Wildman–Crippen MR) is 97.4 cm³/mol. The number of nitrogens with zero attached hydrogens (tertiary/aromatic N) is 1. The third-order valence-electron chi connectivity index (χ3n) is 3.65. The summed E-state index contributed by atoms with van der Waals surface area (Å²) in [6, 6.07) is 2.93. The third-order valence-corrected chi connectivity index (χ3v) is 3.89. The molecular formula is C17H13F5N4OS. The molecular weight excluding hydrogens is 403 g/mol. The molecule has 2 aromatic heterocycles.